The summed E-state index contributed by atoms with van der Waals surface area (Å²) < 4.78 is 0. The molecule has 1 nitrogen and oxygen atoms in total. The minimum Gasteiger partial charge on any atom is -0.393 e. The highest BCUT2D eigenvalue weighted by Gasteiger charge is 2.63. The van der Waals surface area contributed by atoms with E-state index in [4.69, 9.17) is 0 Å². The zero-order chi connectivity index (χ0) is 13.8. The Balaban J connectivity index is 1.86. The smallest absolute Gasteiger partial charge is 0.0543 e. The Labute approximate surface area is 119 Å². The molecule has 19 heavy (non-hydrogen) atoms. The van der Waals surface area contributed by atoms with Crippen LogP contribution in [0, 0.1) is 34.5 Å². The van der Waals surface area contributed by atoms with Crippen LogP contribution in [0.15, 0.2) is 0 Å². The van der Waals surface area contributed by atoms with Gasteiger partial charge in [0.15, 0.2) is 0 Å². The number of rotatable bonds is 2. The molecule has 3 aliphatic rings. The SMILES string of the molecule is CCC1CCC(O)CC1[C@@H]1C[C@H]2CC[C@]1(C)C2(C)C. The van der Waals surface area contributed by atoms with Gasteiger partial charge in [0.2, 0.25) is 0 Å². The second kappa shape index (κ2) is 4.48. The van der Waals surface area contributed by atoms with E-state index < -0.39 is 0 Å². The maximum absolute atomic E-state index is 10.1. The molecular weight excluding hydrogens is 232 g/mol. The van der Waals surface area contributed by atoms with Crippen LogP contribution < -0.4 is 0 Å². The van der Waals surface area contributed by atoms with E-state index in [1.165, 1.54) is 32.1 Å². The molecule has 0 amide bonds. The molecule has 0 aromatic carbocycles. The van der Waals surface area contributed by atoms with Crippen LogP contribution in [0.2, 0.25) is 0 Å². The van der Waals surface area contributed by atoms with Gasteiger partial charge in [-0.1, -0.05) is 34.1 Å². The lowest BCUT2D eigenvalue weighted by Crippen LogP contribution is -2.41. The van der Waals surface area contributed by atoms with Crippen molar-refractivity contribution in [1.82, 2.24) is 0 Å². The van der Waals surface area contributed by atoms with E-state index in [1.54, 1.807) is 0 Å². The first-order valence-corrected chi connectivity index (χ1v) is 8.58. The standard InChI is InChI=1S/C18H32O/c1-5-12-6-7-14(19)11-15(12)16-10-13-8-9-18(16,4)17(13,2)3/h12-16,19H,5-11H2,1-4H3/t12?,13-,14?,15?,16+,18+/m1/s1. The molecule has 0 radical (unpaired) electrons. The third-order valence-corrected chi connectivity index (χ3v) is 7.92. The molecule has 1 heteroatoms. The van der Waals surface area contributed by atoms with E-state index >= 15 is 0 Å². The van der Waals surface area contributed by atoms with Gasteiger partial charge in [-0.05, 0) is 73.0 Å². The average Bonchev–Trinajstić information content (AvgIpc) is 2.71. The van der Waals surface area contributed by atoms with Gasteiger partial charge in [0.25, 0.3) is 0 Å². The third-order valence-electron chi connectivity index (χ3n) is 7.92. The molecule has 3 saturated carbocycles. The van der Waals surface area contributed by atoms with Crippen molar-refractivity contribution >= 4 is 0 Å². The van der Waals surface area contributed by atoms with Gasteiger partial charge in [0.05, 0.1) is 6.10 Å². The number of aliphatic hydroxyl groups is 1. The maximum atomic E-state index is 10.1. The Morgan fingerprint density at radius 2 is 1.79 bits per heavy atom. The molecule has 2 bridgehead atoms. The highest BCUT2D eigenvalue weighted by Crippen LogP contribution is 2.70. The summed E-state index contributed by atoms with van der Waals surface area (Å²) in [4.78, 5) is 0. The van der Waals surface area contributed by atoms with E-state index in [1.807, 2.05) is 0 Å². The number of hydrogen-bond donors (Lipinski definition) is 1. The van der Waals surface area contributed by atoms with Crippen LogP contribution in [0.25, 0.3) is 0 Å². The summed E-state index contributed by atoms with van der Waals surface area (Å²) in [6.45, 7) is 9.96. The summed E-state index contributed by atoms with van der Waals surface area (Å²) in [5.41, 5.74) is 1.06. The van der Waals surface area contributed by atoms with Gasteiger partial charge < -0.3 is 5.11 Å². The summed E-state index contributed by atoms with van der Waals surface area (Å²) in [5.74, 6) is 3.49. The van der Waals surface area contributed by atoms with Crippen LogP contribution >= 0.6 is 0 Å². The van der Waals surface area contributed by atoms with E-state index in [0.29, 0.717) is 10.8 Å². The van der Waals surface area contributed by atoms with Crippen molar-refractivity contribution in [2.24, 2.45) is 34.5 Å². The first-order chi connectivity index (χ1) is 8.90. The zero-order valence-corrected chi connectivity index (χ0v) is 13.3. The van der Waals surface area contributed by atoms with E-state index in [2.05, 4.69) is 27.7 Å². The van der Waals surface area contributed by atoms with Crippen molar-refractivity contribution in [1.29, 1.82) is 0 Å². The first kappa shape index (κ1) is 13.9. The fourth-order valence-corrected chi connectivity index (χ4v) is 6.16. The molecule has 0 saturated heterocycles. The molecule has 0 aromatic heterocycles. The van der Waals surface area contributed by atoms with Gasteiger partial charge in [0.1, 0.15) is 0 Å². The molecule has 6 atom stereocenters. The van der Waals surface area contributed by atoms with E-state index in [0.717, 1.165) is 36.5 Å². The number of hydrogen-bond acceptors (Lipinski definition) is 1. The lowest BCUT2D eigenvalue weighted by atomic mass is 9.58. The number of aliphatic hydroxyl groups excluding tert-OH is 1. The summed E-state index contributed by atoms with van der Waals surface area (Å²) in [5, 5.41) is 10.1. The van der Waals surface area contributed by atoms with Crippen LogP contribution in [0.3, 0.4) is 0 Å². The van der Waals surface area contributed by atoms with Crippen molar-refractivity contribution < 1.29 is 5.11 Å². The molecule has 0 aromatic rings. The van der Waals surface area contributed by atoms with Crippen LogP contribution in [0.1, 0.15) is 72.6 Å². The molecule has 0 heterocycles. The van der Waals surface area contributed by atoms with Gasteiger partial charge >= 0.3 is 0 Å². The normalized spacial score (nSPS) is 52.6. The van der Waals surface area contributed by atoms with E-state index in [-0.39, 0.29) is 6.10 Å². The van der Waals surface area contributed by atoms with Crippen LogP contribution in [-0.4, -0.2) is 11.2 Å². The summed E-state index contributed by atoms with van der Waals surface area (Å²) in [6, 6.07) is 0. The molecule has 1 N–H and O–H groups in total. The average molecular weight is 264 g/mol. The van der Waals surface area contributed by atoms with Crippen molar-refractivity contribution in [3.05, 3.63) is 0 Å². The first-order valence-electron chi connectivity index (χ1n) is 8.58. The lowest BCUT2D eigenvalue weighted by molar-refractivity contribution is -0.0138. The summed E-state index contributed by atoms with van der Waals surface area (Å²) in [7, 11) is 0. The number of fused-ring (bicyclic) bond motifs is 2. The maximum Gasteiger partial charge on any atom is 0.0543 e. The molecule has 110 valence electrons. The Bertz CT molecular complexity index is 348. The fraction of sp³-hybridized carbons (Fsp3) is 1.00. The largest absolute Gasteiger partial charge is 0.393 e. The molecule has 3 rings (SSSR count). The fourth-order valence-electron chi connectivity index (χ4n) is 6.16. The van der Waals surface area contributed by atoms with Crippen molar-refractivity contribution in [3.63, 3.8) is 0 Å². The Morgan fingerprint density at radius 3 is 2.32 bits per heavy atom. The minimum absolute atomic E-state index is 0.0151. The van der Waals surface area contributed by atoms with E-state index in [9.17, 15) is 5.11 Å². The summed E-state index contributed by atoms with van der Waals surface area (Å²) in [6.07, 6.45) is 9.02. The molecule has 0 aliphatic heterocycles. The second-order valence-electron chi connectivity index (χ2n) is 8.52. The van der Waals surface area contributed by atoms with Gasteiger partial charge in [-0.2, -0.15) is 0 Å². The predicted molar refractivity (Wildman–Crippen MR) is 79.8 cm³/mol. The Morgan fingerprint density at radius 1 is 1.05 bits per heavy atom. The molecule has 3 unspecified atom stereocenters. The van der Waals surface area contributed by atoms with Crippen LogP contribution in [-0.2, 0) is 0 Å². The van der Waals surface area contributed by atoms with Crippen LogP contribution in [0.4, 0.5) is 0 Å². The topological polar surface area (TPSA) is 20.2 Å². The van der Waals surface area contributed by atoms with Gasteiger partial charge in [-0.25, -0.2) is 0 Å². The van der Waals surface area contributed by atoms with Crippen molar-refractivity contribution in [3.8, 4) is 0 Å². The Hall–Kier alpha value is -0.0400. The molecular formula is C18H32O. The second-order valence-corrected chi connectivity index (χ2v) is 8.52. The minimum atomic E-state index is -0.0151. The highest BCUT2D eigenvalue weighted by molar-refractivity contribution is 5.12. The van der Waals surface area contributed by atoms with Gasteiger partial charge in [-0.15, -0.1) is 0 Å². The quantitative estimate of drug-likeness (QED) is 0.770. The van der Waals surface area contributed by atoms with Gasteiger partial charge in [0, 0.05) is 0 Å². The van der Waals surface area contributed by atoms with Crippen molar-refractivity contribution in [2.75, 3.05) is 0 Å². The highest BCUT2D eigenvalue weighted by atomic mass is 16.3. The molecule has 3 fully saturated rings. The molecule has 0 spiro atoms. The summed E-state index contributed by atoms with van der Waals surface area (Å²) >= 11 is 0. The zero-order valence-electron chi connectivity index (χ0n) is 13.3. The monoisotopic (exact) mass is 264 g/mol. The van der Waals surface area contributed by atoms with Crippen LogP contribution in [0.5, 0.6) is 0 Å². The Kier molecular flexibility index (Phi) is 3.28. The lowest BCUT2D eigenvalue weighted by Gasteiger charge is -2.47. The third kappa shape index (κ3) is 1.83. The predicted octanol–water partition coefficient (Wildman–Crippen LogP) is 4.64. The van der Waals surface area contributed by atoms with Gasteiger partial charge in [-0.3, -0.25) is 0 Å². The molecule has 3 aliphatic carbocycles. The van der Waals surface area contributed by atoms with Crippen molar-refractivity contribution in [2.45, 2.75) is 78.7 Å².